The van der Waals surface area contributed by atoms with E-state index in [0.717, 1.165) is 116 Å². The first-order chi connectivity index (χ1) is 34.7. The molecule has 0 bridgehead atoms. The van der Waals surface area contributed by atoms with Crippen LogP contribution in [0.15, 0.2) is 0 Å². The Balaban J connectivity index is 0.742. The van der Waals surface area contributed by atoms with Crippen molar-refractivity contribution in [1.82, 2.24) is 21.3 Å². The average molecular weight is 1080 g/mol. The van der Waals surface area contributed by atoms with Crippen molar-refractivity contribution in [2.45, 2.75) is 213 Å². The van der Waals surface area contributed by atoms with Gasteiger partial charge in [-0.1, -0.05) is 34.6 Å². The molecule has 8 saturated carbocycles. The van der Waals surface area contributed by atoms with E-state index in [9.17, 15) is 46.2 Å². The van der Waals surface area contributed by atoms with Gasteiger partial charge >= 0.3 is 0 Å². The molecule has 8 N–H and O–H groups in total. The van der Waals surface area contributed by atoms with Crippen molar-refractivity contribution in [1.29, 1.82) is 0 Å². The number of carbonyl (C=O) groups is 4. The number of fused-ring (bicyclic) bond motifs is 10. The van der Waals surface area contributed by atoms with Crippen LogP contribution in [0.3, 0.4) is 0 Å². The molecule has 0 aromatic rings. The lowest BCUT2D eigenvalue weighted by atomic mass is 9.43. The maximum atomic E-state index is 13.4. The topological polar surface area (TPSA) is 266 Å². The number of amides is 4. The first-order valence-electron chi connectivity index (χ1n) is 29.1. The van der Waals surface area contributed by atoms with E-state index >= 15 is 0 Å². The Labute approximate surface area is 442 Å². The second-order valence-corrected chi connectivity index (χ2v) is 29.9. The molecule has 8 aliphatic carbocycles. The quantitative estimate of drug-likeness (QED) is 0.0574. The van der Waals surface area contributed by atoms with Gasteiger partial charge in [0.15, 0.2) is 0 Å². The largest absolute Gasteiger partial charge is 0.393 e. The summed E-state index contributed by atoms with van der Waals surface area (Å²) in [6.07, 6.45) is 19.2. The number of nitrogens with one attached hydrogen (secondary N) is 4. The average Bonchev–Trinajstić information content (AvgIpc) is 3.84. The highest BCUT2D eigenvalue weighted by molar-refractivity contribution is 7.86. The van der Waals surface area contributed by atoms with Crippen molar-refractivity contribution < 1.29 is 55.3 Å². The van der Waals surface area contributed by atoms with Gasteiger partial charge in [0.1, 0.15) is 0 Å². The predicted octanol–water partition coefficient (Wildman–Crippen LogP) is 6.98. The SMILES string of the molecule is C[C@H](CCC(=O)NCCS(=O)(=O)O)[C@H]1CC[C@H]2[C@@H]3[C@@H](O)CC4C[C@H](NC(=O)CCCC(=O)N[C@@H]5CC[C@@]6(C)C(C5)C[C@H](O)[C@H]5[C@@H]7CC[C@H](CCCC(=O)NCCS(=O)(=O)O)[C@@]7(C)CC[C@@H]56)CC[C@]4(C)[C@H]3CC[C@]12C. The van der Waals surface area contributed by atoms with Crippen LogP contribution in [0.5, 0.6) is 0 Å². The van der Waals surface area contributed by atoms with E-state index in [1.165, 1.54) is 0 Å². The van der Waals surface area contributed by atoms with Crippen LogP contribution in [0.25, 0.3) is 0 Å². The monoisotopic (exact) mass is 1080 g/mol. The van der Waals surface area contributed by atoms with E-state index in [4.69, 9.17) is 9.11 Å². The van der Waals surface area contributed by atoms with Crippen LogP contribution >= 0.6 is 0 Å². The predicted molar refractivity (Wildman–Crippen MR) is 282 cm³/mol. The van der Waals surface area contributed by atoms with E-state index in [1.807, 2.05) is 0 Å². The van der Waals surface area contributed by atoms with Crippen molar-refractivity contribution in [3.8, 4) is 0 Å². The summed E-state index contributed by atoms with van der Waals surface area (Å²) in [5.74, 6) is 2.74. The second kappa shape index (κ2) is 22.8. The number of aliphatic hydroxyl groups is 2. The molecular weight excluding hydrogens is 985 g/mol. The summed E-state index contributed by atoms with van der Waals surface area (Å²) in [7, 11) is -8.24. The van der Waals surface area contributed by atoms with Crippen LogP contribution in [0.1, 0.15) is 189 Å². The highest BCUT2D eigenvalue weighted by Crippen LogP contribution is 2.70. The van der Waals surface area contributed by atoms with Gasteiger partial charge in [-0.2, -0.15) is 16.8 Å². The standard InChI is InChI=1S/C56H94N4O12S2/c1-34(12-17-48(64)58-27-29-74(70,71)72)40-15-16-42-52-44(21-25-56(40,42)5)55(4)23-19-39(31-37(55)33-46(52)62)60-50(66)11-7-10-49(65)59-38-18-22-54(3)36(30-38)32-45(61)51-41-14-13-35(53(41,2)24-20-43(51)54)8-6-9-47(63)57-26-28-73(67,68)69/h34-46,51-52,61-62H,6-33H2,1-5H3,(H,57,63)(H,58,64)(H,59,65)(H,60,66)(H,67,68,69)(H,70,71,72)/t34-,35+,36?,37?,38-,39-,40-,41+,42+,43+,44+,45+,46+,51+,52+,53-,54+,55+,56-/m1/s1. The van der Waals surface area contributed by atoms with Gasteiger partial charge in [0.05, 0.1) is 23.7 Å². The molecule has 0 aromatic carbocycles. The summed E-state index contributed by atoms with van der Waals surface area (Å²) >= 11 is 0. The van der Waals surface area contributed by atoms with Crippen molar-refractivity contribution in [3.05, 3.63) is 0 Å². The third-order valence-electron chi connectivity index (χ3n) is 23.0. The van der Waals surface area contributed by atoms with Gasteiger partial charge in [0, 0.05) is 50.9 Å². The molecule has 422 valence electrons. The van der Waals surface area contributed by atoms with Crippen LogP contribution in [-0.2, 0) is 39.4 Å². The van der Waals surface area contributed by atoms with E-state index in [-0.39, 0.29) is 94.5 Å². The minimum Gasteiger partial charge on any atom is -0.393 e. The van der Waals surface area contributed by atoms with Crippen LogP contribution in [-0.4, -0.2) is 109 Å². The molecule has 0 aliphatic heterocycles. The van der Waals surface area contributed by atoms with Gasteiger partial charge < -0.3 is 31.5 Å². The third kappa shape index (κ3) is 12.4. The zero-order valence-electron chi connectivity index (χ0n) is 45.3. The Morgan fingerprint density at radius 3 is 1.47 bits per heavy atom. The second-order valence-electron chi connectivity index (χ2n) is 26.8. The van der Waals surface area contributed by atoms with Crippen LogP contribution in [0, 0.1) is 86.8 Å². The molecule has 74 heavy (non-hydrogen) atoms. The summed E-state index contributed by atoms with van der Waals surface area (Å²) in [4.78, 5) is 51.6. The van der Waals surface area contributed by atoms with Crippen LogP contribution < -0.4 is 21.3 Å². The Bertz CT molecular complexity index is 2270. The lowest BCUT2D eigenvalue weighted by molar-refractivity contribution is -0.167. The number of hydrogen-bond donors (Lipinski definition) is 8. The van der Waals surface area contributed by atoms with Crippen LogP contribution in [0.2, 0.25) is 0 Å². The molecule has 19 atom stereocenters. The van der Waals surface area contributed by atoms with Crippen molar-refractivity contribution in [2.75, 3.05) is 24.6 Å². The lowest BCUT2D eigenvalue weighted by Gasteiger charge is -2.62. The number of hydrogen-bond acceptors (Lipinski definition) is 10. The fraction of sp³-hybridized carbons (Fsp3) is 0.929. The normalized spacial score (nSPS) is 42.0. The maximum absolute atomic E-state index is 13.4. The highest BCUT2D eigenvalue weighted by atomic mass is 32.2. The van der Waals surface area contributed by atoms with Crippen molar-refractivity contribution in [3.63, 3.8) is 0 Å². The first kappa shape index (κ1) is 57.8. The van der Waals surface area contributed by atoms with Crippen molar-refractivity contribution in [2.24, 2.45) is 86.8 Å². The first-order valence-corrected chi connectivity index (χ1v) is 32.3. The highest BCUT2D eigenvalue weighted by Gasteiger charge is 2.64. The Kier molecular flexibility index (Phi) is 17.8. The molecule has 8 fully saturated rings. The summed E-state index contributed by atoms with van der Waals surface area (Å²) in [5, 5.41) is 35.8. The number of rotatable bonds is 20. The molecule has 4 amide bonds. The molecule has 0 spiro atoms. The number of carbonyl (C=O) groups excluding carboxylic acids is 4. The Morgan fingerprint density at radius 1 is 0.527 bits per heavy atom. The van der Waals surface area contributed by atoms with Gasteiger partial charge in [-0.15, -0.1) is 0 Å². The van der Waals surface area contributed by atoms with Gasteiger partial charge in [-0.3, -0.25) is 28.3 Å². The Hall–Kier alpha value is -2.38. The summed E-state index contributed by atoms with van der Waals surface area (Å²) in [5.41, 5.74) is 0.416. The minimum atomic E-state index is -4.12. The maximum Gasteiger partial charge on any atom is 0.266 e. The fourth-order valence-electron chi connectivity index (χ4n) is 19.2. The smallest absolute Gasteiger partial charge is 0.266 e. The molecular formula is C56H94N4O12S2. The fourth-order valence-corrected chi connectivity index (χ4v) is 19.9. The van der Waals surface area contributed by atoms with Gasteiger partial charge in [0.2, 0.25) is 23.6 Å². The van der Waals surface area contributed by atoms with Gasteiger partial charge in [0.25, 0.3) is 20.2 Å². The van der Waals surface area contributed by atoms with E-state index in [0.29, 0.717) is 91.8 Å². The summed E-state index contributed by atoms with van der Waals surface area (Å²) in [6, 6.07) is 0.123. The molecule has 2 unspecified atom stereocenters. The van der Waals surface area contributed by atoms with E-state index in [2.05, 4.69) is 55.9 Å². The molecule has 0 radical (unpaired) electrons. The lowest BCUT2D eigenvalue weighted by Crippen LogP contribution is -2.59. The molecule has 0 aromatic heterocycles. The molecule has 16 nitrogen and oxygen atoms in total. The third-order valence-corrected chi connectivity index (χ3v) is 24.4. The van der Waals surface area contributed by atoms with Crippen molar-refractivity contribution >= 4 is 43.9 Å². The zero-order valence-corrected chi connectivity index (χ0v) is 47.0. The molecule has 18 heteroatoms. The molecule has 0 saturated heterocycles. The van der Waals surface area contributed by atoms with Gasteiger partial charge in [-0.25, -0.2) is 0 Å². The van der Waals surface area contributed by atoms with Gasteiger partial charge in [-0.05, 0) is 215 Å². The summed E-state index contributed by atoms with van der Waals surface area (Å²) < 4.78 is 62.1. The number of aliphatic hydroxyl groups excluding tert-OH is 2. The molecule has 8 rings (SSSR count). The van der Waals surface area contributed by atoms with E-state index < -0.39 is 31.7 Å². The van der Waals surface area contributed by atoms with E-state index in [1.54, 1.807) is 0 Å². The molecule has 8 aliphatic rings. The van der Waals surface area contributed by atoms with Crippen LogP contribution in [0.4, 0.5) is 0 Å². The summed E-state index contributed by atoms with van der Waals surface area (Å²) in [6.45, 7) is 11.8. The molecule has 0 heterocycles. The zero-order chi connectivity index (χ0) is 53.6. The Morgan fingerprint density at radius 2 is 0.959 bits per heavy atom. The minimum absolute atomic E-state index is 0.00801.